The van der Waals surface area contributed by atoms with E-state index in [9.17, 15) is 4.79 Å². The lowest BCUT2D eigenvalue weighted by atomic mass is 10.0. The van der Waals surface area contributed by atoms with Crippen molar-refractivity contribution in [2.45, 2.75) is 19.9 Å². The maximum absolute atomic E-state index is 11.3. The van der Waals surface area contributed by atoms with Crippen LogP contribution in [0.2, 0.25) is 0 Å². The van der Waals surface area contributed by atoms with Gasteiger partial charge in [-0.25, -0.2) is 0 Å². The minimum atomic E-state index is -0.483. The minimum absolute atomic E-state index is 0.0654. The molecule has 0 bridgehead atoms. The number of carbonyl (C=O) groups excluding carboxylic acids is 1. The number of hydrogen-bond acceptors (Lipinski definition) is 4. The third-order valence-corrected chi connectivity index (χ3v) is 3.37. The van der Waals surface area contributed by atoms with Crippen molar-refractivity contribution < 1.29 is 14.6 Å². The molecular formula is C15H24N2O3. The molecule has 5 heteroatoms. The zero-order chi connectivity index (χ0) is 15.0. The largest absolute Gasteiger partial charge is 0.497 e. The van der Waals surface area contributed by atoms with Crippen LogP contribution >= 0.6 is 0 Å². The number of amides is 1. The summed E-state index contributed by atoms with van der Waals surface area (Å²) in [5, 5.41) is 11.6. The molecule has 1 atom stereocenters. The van der Waals surface area contributed by atoms with E-state index in [2.05, 4.69) is 24.1 Å². The van der Waals surface area contributed by atoms with Gasteiger partial charge in [-0.05, 0) is 30.8 Å². The molecular weight excluding hydrogens is 256 g/mol. The number of aliphatic hydroxyl groups excluding tert-OH is 1. The van der Waals surface area contributed by atoms with E-state index in [1.807, 2.05) is 24.3 Å². The topological polar surface area (TPSA) is 61.8 Å². The van der Waals surface area contributed by atoms with Gasteiger partial charge in [-0.3, -0.25) is 9.69 Å². The lowest BCUT2D eigenvalue weighted by Crippen LogP contribution is -2.38. The normalized spacial score (nSPS) is 12.2. The van der Waals surface area contributed by atoms with Gasteiger partial charge in [0.05, 0.1) is 13.2 Å². The van der Waals surface area contributed by atoms with E-state index in [4.69, 9.17) is 9.84 Å². The van der Waals surface area contributed by atoms with Crippen LogP contribution in [-0.2, 0) is 4.79 Å². The number of nitrogens with one attached hydrogen (secondary N) is 1. The van der Waals surface area contributed by atoms with Crippen molar-refractivity contribution in [3.63, 3.8) is 0 Å². The molecule has 0 radical (unpaired) electrons. The Bertz CT molecular complexity index is 419. The Morgan fingerprint density at radius 3 is 2.65 bits per heavy atom. The molecule has 0 aliphatic heterocycles. The molecule has 0 fully saturated rings. The van der Waals surface area contributed by atoms with Crippen molar-refractivity contribution in [2.24, 2.45) is 0 Å². The summed E-state index contributed by atoms with van der Waals surface area (Å²) < 4.78 is 5.25. The first kappa shape index (κ1) is 16.5. The van der Waals surface area contributed by atoms with Crippen LogP contribution in [0.1, 0.15) is 25.5 Å². The number of carbonyl (C=O) groups is 1. The fourth-order valence-electron chi connectivity index (χ4n) is 2.24. The molecule has 20 heavy (non-hydrogen) atoms. The Morgan fingerprint density at radius 1 is 1.40 bits per heavy atom. The molecule has 1 aromatic carbocycles. The van der Waals surface area contributed by atoms with Crippen LogP contribution in [0.15, 0.2) is 24.3 Å². The van der Waals surface area contributed by atoms with Crippen LogP contribution in [0, 0.1) is 0 Å². The summed E-state index contributed by atoms with van der Waals surface area (Å²) in [6, 6.07) is 7.91. The van der Waals surface area contributed by atoms with Crippen molar-refractivity contribution in [2.75, 3.05) is 33.4 Å². The second-order valence-corrected chi connectivity index (χ2v) is 4.48. The van der Waals surface area contributed by atoms with Crippen LogP contribution in [0.25, 0.3) is 0 Å². The molecule has 5 nitrogen and oxygen atoms in total. The van der Waals surface area contributed by atoms with E-state index in [-0.39, 0.29) is 11.9 Å². The van der Waals surface area contributed by atoms with Crippen LogP contribution < -0.4 is 10.1 Å². The van der Waals surface area contributed by atoms with E-state index in [0.717, 1.165) is 24.4 Å². The lowest BCUT2D eigenvalue weighted by molar-refractivity contribution is -0.124. The number of rotatable bonds is 8. The van der Waals surface area contributed by atoms with Crippen LogP contribution in [-0.4, -0.2) is 49.3 Å². The molecule has 2 N–H and O–H groups in total. The zero-order valence-corrected chi connectivity index (χ0v) is 12.4. The summed E-state index contributed by atoms with van der Waals surface area (Å²) in [6.07, 6.45) is 0. The highest BCUT2D eigenvalue weighted by atomic mass is 16.5. The number of benzene rings is 1. The summed E-state index contributed by atoms with van der Waals surface area (Å²) in [5.41, 5.74) is 1.09. The van der Waals surface area contributed by atoms with Gasteiger partial charge in [0.2, 0.25) is 5.91 Å². The molecule has 1 amide bonds. The monoisotopic (exact) mass is 280 g/mol. The Hall–Kier alpha value is -1.59. The smallest absolute Gasteiger partial charge is 0.245 e. The molecule has 1 rings (SSSR count). The van der Waals surface area contributed by atoms with Crippen molar-refractivity contribution in [3.05, 3.63) is 29.8 Å². The number of nitrogens with zero attached hydrogens (tertiary/aromatic N) is 1. The highest BCUT2D eigenvalue weighted by molar-refractivity contribution is 5.76. The van der Waals surface area contributed by atoms with Crippen LogP contribution in [0.4, 0.5) is 0 Å². The standard InChI is InChI=1S/C15H24N2O3/c1-4-17(5-2)14(10-16-15(19)11-18)12-7-6-8-13(9-12)20-3/h6-9,14,18H,4-5,10-11H2,1-3H3,(H,16,19). The summed E-state index contributed by atoms with van der Waals surface area (Å²) in [5.74, 6) is 0.443. The Balaban J connectivity index is 2.92. The van der Waals surface area contributed by atoms with E-state index < -0.39 is 6.61 Å². The Kier molecular flexibility index (Phi) is 7.04. The second-order valence-electron chi connectivity index (χ2n) is 4.48. The van der Waals surface area contributed by atoms with Gasteiger partial charge in [0.1, 0.15) is 12.4 Å². The molecule has 0 spiro atoms. The fraction of sp³-hybridized carbons (Fsp3) is 0.533. The number of ether oxygens (including phenoxy) is 1. The molecule has 112 valence electrons. The van der Waals surface area contributed by atoms with Gasteiger partial charge in [0.25, 0.3) is 0 Å². The quantitative estimate of drug-likeness (QED) is 0.751. The summed E-state index contributed by atoms with van der Waals surface area (Å²) in [6.45, 7) is 5.92. The van der Waals surface area contributed by atoms with Crippen molar-refractivity contribution in [1.82, 2.24) is 10.2 Å². The van der Waals surface area contributed by atoms with Crippen molar-refractivity contribution >= 4 is 5.91 Å². The van der Waals surface area contributed by atoms with Gasteiger partial charge in [0, 0.05) is 6.54 Å². The summed E-state index contributed by atoms with van der Waals surface area (Å²) in [4.78, 5) is 13.5. The third kappa shape index (κ3) is 4.51. The second kappa shape index (κ2) is 8.55. The molecule has 0 aliphatic rings. The van der Waals surface area contributed by atoms with E-state index >= 15 is 0 Å². The average Bonchev–Trinajstić information content (AvgIpc) is 2.51. The number of methoxy groups -OCH3 is 1. The predicted octanol–water partition coefficient (Wildman–Crippen LogP) is 1.19. The fourth-order valence-corrected chi connectivity index (χ4v) is 2.24. The summed E-state index contributed by atoms with van der Waals surface area (Å²) >= 11 is 0. The van der Waals surface area contributed by atoms with Crippen LogP contribution in [0.5, 0.6) is 5.75 Å². The minimum Gasteiger partial charge on any atom is -0.497 e. The Morgan fingerprint density at radius 2 is 2.10 bits per heavy atom. The van der Waals surface area contributed by atoms with Gasteiger partial charge < -0.3 is 15.2 Å². The SMILES string of the molecule is CCN(CC)C(CNC(=O)CO)c1cccc(OC)c1. The van der Waals surface area contributed by atoms with Crippen molar-refractivity contribution in [1.29, 1.82) is 0 Å². The number of likely N-dealkylation sites (N-methyl/N-ethyl adjacent to an activating group) is 1. The lowest BCUT2D eigenvalue weighted by Gasteiger charge is -2.30. The first-order valence-corrected chi connectivity index (χ1v) is 6.91. The van der Waals surface area contributed by atoms with E-state index in [1.54, 1.807) is 7.11 Å². The number of aliphatic hydroxyl groups is 1. The van der Waals surface area contributed by atoms with Gasteiger partial charge in [-0.15, -0.1) is 0 Å². The molecule has 0 saturated carbocycles. The van der Waals surface area contributed by atoms with Gasteiger partial charge in [0.15, 0.2) is 0 Å². The highest BCUT2D eigenvalue weighted by Crippen LogP contribution is 2.23. The molecule has 0 saturated heterocycles. The van der Waals surface area contributed by atoms with Gasteiger partial charge in [-0.2, -0.15) is 0 Å². The molecule has 0 aliphatic carbocycles. The molecule has 0 aromatic heterocycles. The molecule has 1 aromatic rings. The van der Waals surface area contributed by atoms with Crippen LogP contribution in [0.3, 0.4) is 0 Å². The van der Waals surface area contributed by atoms with E-state index in [1.165, 1.54) is 0 Å². The molecule has 1 unspecified atom stereocenters. The molecule has 0 heterocycles. The van der Waals surface area contributed by atoms with Gasteiger partial charge >= 0.3 is 0 Å². The number of hydrogen-bond donors (Lipinski definition) is 2. The average molecular weight is 280 g/mol. The van der Waals surface area contributed by atoms with E-state index in [0.29, 0.717) is 6.54 Å². The van der Waals surface area contributed by atoms with Gasteiger partial charge in [-0.1, -0.05) is 26.0 Å². The van der Waals surface area contributed by atoms with Crippen molar-refractivity contribution in [3.8, 4) is 5.75 Å². The third-order valence-electron chi connectivity index (χ3n) is 3.37. The maximum atomic E-state index is 11.3. The first-order valence-electron chi connectivity index (χ1n) is 6.91. The zero-order valence-electron chi connectivity index (χ0n) is 12.4. The summed E-state index contributed by atoms with van der Waals surface area (Å²) in [7, 11) is 1.64. The maximum Gasteiger partial charge on any atom is 0.245 e. The highest BCUT2D eigenvalue weighted by Gasteiger charge is 2.19. The first-order chi connectivity index (χ1) is 9.65. The Labute approximate surface area is 120 Å². The predicted molar refractivity (Wildman–Crippen MR) is 78.8 cm³/mol.